The lowest BCUT2D eigenvalue weighted by molar-refractivity contribution is 0.103. The molecule has 0 heterocycles. The van der Waals surface area contributed by atoms with Crippen LogP contribution >= 0.6 is 0 Å². The molecule has 0 bridgehead atoms. The lowest BCUT2D eigenvalue weighted by Crippen LogP contribution is -2.37. The minimum absolute atomic E-state index is 0.0334. The van der Waals surface area contributed by atoms with Gasteiger partial charge in [-0.15, -0.1) is 0 Å². The highest BCUT2D eigenvalue weighted by molar-refractivity contribution is 5.69. The van der Waals surface area contributed by atoms with E-state index in [0.717, 1.165) is 41.7 Å². The molecule has 4 rings (SSSR count). The zero-order valence-corrected chi connectivity index (χ0v) is 21.6. The maximum Gasteiger partial charge on any atom is 0.127 e. The molecule has 3 aliphatic carbocycles. The third-order valence-electron chi connectivity index (χ3n) is 10.0. The summed E-state index contributed by atoms with van der Waals surface area (Å²) < 4.78 is 15.5. The molecule has 3 fully saturated rings. The van der Waals surface area contributed by atoms with Gasteiger partial charge in [0.1, 0.15) is 5.82 Å². The van der Waals surface area contributed by atoms with E-state index in [0.29, 0.717) is 5.92 Å². The fourth-order valence-electron chi connectivity index (χ4n) is 8.01. The molecule has 184 valence electrons. The van der Waals surface area contributed by atoms with Crippen LogP contribution in [0.2, 0.25) is 0 Å². The van der Waals surface area contributed by atoms with E-state index < -0.39 is 0 Å². The van der Waals surface area contributed by atoms with Gasteiger partial charge in [-0.25, -0.2) is 4.39 Å². The Bertz CT molecular complexity index is 755. The maximum atomic E-state index is 15.5. The van der Waals surface area contributed by atoms with Crippen molar-refractivity contribution in [1.29, 1.82) is 0 Å². The highest BCUT2D eigenvalue weighted by atomic mass is 19.1. The van der Waals surface area contributed by atoms with Gasteiger partial charge >= 0.3 is 0 Å². The molecule has 0 amide bonds. The van der Waals surface area contributed by atoms with E-state index in [1.54, 1.807) is 0 Å². The predicted molar refractivity (Wildman–Crippen MR) is 141 cm³/mol. The van der Waals surface area contributed by atoms with E-state index in [-0.39, 0.29) is 11.2 Å². The number of rotatable bonds is 8. The van der Waals surface area contributed by atoms with Gasteiger partial charge in [-0.1, -0.05) is 77.5 Å². The van der Waals surface area contributed by atoms with Crippen LogP contribution in [-0.4, -0.2) is 0 Å². The molecule has 3 saturated carbocycles. The Balaban J connectivity index is 1.51. The van der Waals surface area contributed by atoms with Crippen molar-refractivity contribution < 1.29 is 4.39 Å². The SMILES string of the molecule is C=C(c1ccc([C@H]2CC[C@H](CCC)CC2)c(F)c1)[C@]1(C2CCCCC2)CC[C@H](CCC)CC1. The van der Waals surface area contributed by atoms with Gasteiger partial charge in [-0.2, -0.15) is 0 Å². The van der Waals surface area contributed by atoms with E-state index in [4.69, 9.17) is 6.58 Å². The summed E-state index contributed by atoms with van der Waals surface area (Å²) in [6.07, 6.45) is 22.2. The molecule has 0 N–H and O–H groups in total. The molecule has 1 heteroatoms. The average Bonchev–Trinajstić information content (AvgIpc) is 2.86. The summed E-state index contributed by atoms with van der Waals surface area (Å²) in [4.78, 5) is 0. The second kappa shape index (κ2) is 11.5. The van der Waals surface area contributed by atoms with Crippen molar-refractivity contribution in [3.63, 3.8) is 0 Å². The fraction of sp³-hybridized carbons (Fsp3) is 0.750. The summed E-state index contributed by atoms with van der Waals surface area (Å²) in [7, 11) is 0. The molecule has 0 unspecified atom stereocenters. The smallest absolute Gasteiger partial charge is 0.127 e. The molecule has 33 heavy (non-hydrogen) atoms. The van der Waals surface area contributed by atoms with E-state index in [1.165, 1.54) is 102 Å². The van der Waals surface area contributed by atoms with Crippen LogP contribution < -0.4 is 0 Å². The van der Waals surface area contributed by atoms with Crippen LogP contribution in [0.3, 0.4) is 0 Å². The summed E-state index contributed by atoms with van der Waals surface area (Å²) >= 11 is 0. The molecule has 0 radical (unpaired) electrons. The van der Waals surface area contributed by atoms with Gasteiger partial charge in [0.15, 0.2) is 0 Å². The molecule has 3 aliphatic rings. The second-order valence-electron chi connectivity index (χ2n) is 11.9. The van der Waals surface area contributed by atoms with Crippen molar-refractivity contribution in [2.45, 2.75) is 129 Å². The molecule has 1 aromatic rings. The van der Waals surface area contributed by atoms with Crippen LogP contribution in [0, 0.1) is 29.0 Å². The lowest BCUT2D eigenvalue weighted by Gasteiger charge is -2.49. The molecule has 0 atom stereocenters. The number of hydrogen-bond donors (Lipinski definition) is 0. The van der Waals surface area contributed by atoms with E-state index in [9.17, 15) is 0 Å². The summed E-state index contributed by atoms with van der Waals surface area (Å²) in [5.74, 6) is 2.95. The van der Waals surface area contributed by atoms with E-state index in [2.05, 4.69) is 26.0 Å². The third kappa shape index (κ3) is 5.59. The Labute approximate surface area is 203 Å². The van der Waals surface area contributed by atoms with Gasteiger partial charge in [-0.05, 0) is 116 Å². The molecular weight excluding hydrogens is 403 g/mol. The van der Waals surface area contributed by atoms with Gasteiger partial charge in [0, 0.05) is 0 Å². The third-order valence-corrected chi connectivity index (χ3v) is 10.0. The Hall–Kier alpha value is -1.11. The van der Waals surface area contributed by atoms with Crippen LogP contribution in [0.5, 0.6) is 0 Å². The Kier molecular flexibility index (Phi) is 8.75. The molecule has 0 aromatic heterocycles. The van der Waals surface area contributed by atoms with Crippen LogP contribution in [-0.2, 0) is 0 Å². The van der Waals surface area contributed by atoms with Crippen LogP contribution in [0.25, 0.3) is 5.57 Å². The van der Waals surface area contributed by atoms with Gasteiger partial charge < -0.3 is 0 Å². The summed E-state index contributed by atoms with van der Waals surface area (Å²) in [5.41, 5.74) is 3.54. The first kappa shape index (κ1) is 25.0. The average molecular weight is 453 g/mol. The maximum absolute atomic E-state index is 15.5. The van der Waals surface area contributed by atoms with Crippen molar-refractivity contribution in [1.82, 2.24) is 0 Å². The largest absolute Gasteiger partial charge is 0.207 e. The fourth-order valence-corrected chi connectivity index (χ4v) is 8.01. The molecule has 1 aromatic carbocycles. The minimum atomic E-state index is 0.0334. The zero-order valence-electron chi connectivity index (χ0n) is 21.6. The van der Waals surface area contributed by atoms with Gasteiger partial charge in [0.25, 0.3) is 0 Å². The van der Waals surface area contributed by atoms with Gasteiger partial charge in [-0.3, -0.25) is 0 Å². The predicted octanol–water partition coefficient (Wildman–Crippen LogP) is 10.5. The molecule has 0 spiro atoms. The number of hydrogen-bond acceptors (Lipinski definition) is 0. The number of halogens is 1. The zero-order chi connectivity index (χ0) is 23.3. The minimum Gasteiger partial charge on any atom is -0.207 e. The normalized spacial score (nSPS) is 31.4. The standard InChI is InChI=1S/C32H49F/c1-4-9-25-13-15-27(16-14-25)30-18-17-28(23-31(30)33)24(3)32(29-11-7-6-8-12-29)21-19-26(10-5-2)20-22-32/h17-18,23,25-27,29H,3-16,19-22H2,1-2H3/t25-,26-,27-,32-. The molecule has 0 saturated heterocycles. The Morgan fingerprint density at radius 3 is 2.03 bits per heavy atom. The van der Waals surface area contributed by atoms with Crippen LogP contribution in [0.15, 0.2) is 24.8 Å². The molecule has 0 aliphatic heterocycles. The van der Waals surface area contributed by atoms with Gasteiger partial charge in [0.2, 0.25) is 0 Å². The van der Waals surface area contributed by atoms with Crippen LogP contribution in [0.4, 0.5) is 4.39 Å². The first-order chi connectivity index (χ1) is 16.1. The number of benzene rings is 1. The van der Waals surface area contributed by atoms with Crippen molar-refractivity contribution in [2.75, 3.05) is 0 Å². The first-order valence-corrected chi connectivity index (χ1v) is 14.6. The Morgan fingerprint density at radius 1 is 0.848 bits per heavy atom. The topological polar surface area (TPSA) is 0 Å². The Morgan fingerprint density at radius 2 is 1.45 bits per heavy atom. The van der Waals surface area contributed by atoms with E-state index in [1.807, 2.05) is 6.07 Å². The lowest BCUT2D eigenvalue weighted by atomic mass is 9.56. The monoisotopic (exact) mass is 452 g/mol. The number of allylic oxidation sites excluding steroid dienone is 1. The van der Waals surface area contributed by atoms with Crippen LogP contribution in [0.1, 0.15) is 140 Å². The summed E-state index contributed by atoms with van der Waals surface area (Å²) in [6, 6.07) is 6.25. The highest BCUT2D eigenvalue weighted by Crippen LogP contribution is 2.56. The highest BCUT2D eigenvalue weighted by Gasteiger charge is 2.44. The second-order valence-corrected chi connectivity index (χ2v) is 11.9. The van der Waals surface area contributed by atoms with Crippen molar-refractivity contribution in [3.8, 4) is 0 Å². The summed E-state index contributed by atoms with van der Waals surface area (Å²) in [5, 5.41) is 0. The van der Waals surface area contributed by atoms with E-state index >= 15 is 4.39 Å². The molecule has 0 nitrogen and oxygen atoms in total. The molecular formula is C32H49F. The quantitative estimate of drug-likeness (QED) is 0.368. The van der Waals surface area contributed by atoms with Crippen molar-refractivity contribution in [3.05, 3.63) is 41.7 Å². The van der Waals surface area contributed by atoms with Crippen molar-refractivity contribution >= 4 is 5.57 Å². The summed E-state index contributed by atoms with van der Waals surface area (Å²) in [6.45, 7) is 9.32. The first-order valence-electron chi connectivity index (χ1n) is 14.6. The van der Waals surface area contributed by atoms with Gasteiger partial charge in [0.05, 0.1) is 0 Å². The van der Waals surface area contributed by atoms with Crippen molar-refractivity contribution in [2.24, 2.45) is 23.2 Å².